The zero-order valence-corrected chi connectivity index (χ0v) is 16.1. The van der Waals surface area contributed by atoms with E-state index in [-0.39, 0.29) is 17.9 Å². The lowest BCUT2D eigenvalue weighted by Crippen LogP contribution is -2.55. The molecule has 1 amide bonds. The number of carbonyl (C=O) groups is 1. The second-order valence-electron chi connectivity index (χ2n) is 7.92. The third-order valence-corrected chi connectivity index (χ3v) is 6.01. The van der Waals surface area contributed by atoms with Crippen molar-refractivity contribution in [2.75, 3.05) is 46.0 Å². The first-order chi connectivity index (χ1) is 13.1. The lowest BCUT2D eigenvalue weighted by atomic mass is 9.90. The van der Waals surface area contributed by atoms with Crippen LogP contribution in [0.2, 0.25) is 0 Å². The van der Waals surface area contributed by atoms with Crippen molar-refractivity contribution >= 4 is 5.91 Å². The molecule has 0 N–H and O–H groups in total. The van der Waals surface area contributed by atoms with Crippen LogP contribution in [0.25, 0.3) is 0 Å². The highest BCUT2D eigenvalue weighted by Gasteiger charge is 2.43. The minimum Gasteiger partial charge on any atom is -0.366 e. The molecule has 3 fully saturated rings. The Kier molecular flexibility index (Phi) is 5.78. The summed E-state index contributed by atoms with van der Waals surface area (Å²) in [5.41, 5.74) is 1.27. The molecule has 1 aromatic carbocycles. The molecule has 0 spiro atoms. The number of likely N-dealkylation sites (tertiary alicyclic amines) is 1. The number of amides is 1. The van der Waals surface area contributed by atoms with E-state index in [4.69, 9.17) is 14.2 Å². The second-order valence-corrected chi connectivity index (χ2v) is 7.92. The predicted molar refractivity (Wildman–Crippen MR) is 101 cm³/mol. The van der Waals surface area contributed by atoms with Crippen LogP contribution in [0.5, 0.6) is 0 Å². The van der Waals surface area contributed by atoms with E-state index in [1.807, 2.05) is 17.9 Å². The fourth-order valence-corrected chi connectivity index (χ4v) is 4.41. The van der Waals surface area contributed by atoms with Gasteiger partial charge in [-0.15, -0.1) is 0 Å². The van der Waals surface area contributed by atoms with Gasteiger partial charge in [-0.3, -0.25) is 9.69 Å². The van der Waals surface area contributed by atoms with Crippen molar-refractivity contribution in [3.05, 3.63) is 35.9 Å². The van der Waals surface area contributed by atoms with Crippen LogP contribution >= 0.6 is 0 Å². The summed E-state index contributed by atoms with van der Waals surface area (Å²) >= 11 is 0. The molecule has 0 saturated carbocycles. The molecule has 148 valence electrons. The topological polar surface area (TPSA) is 51.2 Å². The average Bonchev–Trinajstić information content (AvgIpc) is 3.16. The smallest absolute Gasteiger partial charge is 0.253 e. The fraction of sp³-hybridized carbons (Fsp3) is 0.667. The summed E-state index contributed by atoms with van der Waals surface area (Å²) < 4.78 is 17.5. The predicted octanol–water partition coefficient (Wildman–Crippen LogP) is 1.89. The summed E-state index contributed by atoms with van der Waals surface area (Å²) in [6.45, 7) is 7.75. The van der Waals surface area contributed by atoms with Crippen LogP contribution in [-0.4, -0.2) is 73.6 Å². The summed E-state index contributed by atoms with van der Waals surface area (Å²) in [5.74, 6) is -0.216. The number of hydrogen-bond acceptors (Lipinski definition) is 5. The van der Waals surface area contributed by atoms with Crippen LogP contribution in [-0.2, 0) is 25.5 Å². The van der Waals surface area contributed by atoms with Gasteiger partial charge in [0.05, 0.1) is 19.8 Å². The maximum absolute atomic E-state index is 13.1. The zero-order chi connectivity index (χ0) is 18.7. The van der Waals surface area contributed by atoms with Gasteiger partial charge in [0, 0.05) is 38.6 Å². The van der Waals surface area contributed by atoms with E-state index in [9.17, 15) is 4.79 Å². The highest BCUT2D eigenvalue weighted by atomic mass is 16.7. The quantitative estimate of drug-likeness (QED) is 0.806. The fourth-order valence-electron chi connectivity index (χ4n) is 4.41. The normalized spacial score (nSPS) is 29.0. The van der Waals surface area contributed by atoms with Crippen LogP contribution in [0.1, 0.15) is 25.3 Å². The Morgan fingerprint density at radius 1 is 1.11 bits per heavy atom. The Balaban J connectivity index is 1.35. The van der Waals surface area contributed by atoms with E-state index >= 15 is 0 Å². The number of nitrogens with zero attached hydrogens (tertiary/aromatic N) is 2. The number of piperidine rings is 1. The van der Waals surface area contributed by atoms with Crippen molar-refractivity contribution in [1.82, 2.24) is 9.80 Å². The van der Waals surface area contributed by atoms with Crippen LogP contribution < -0.4 is 0 Å². The Hall–Kier alpha value is -1.47. The SMILES string of the molecule is CC1(C2CCCN(C(=O)C3CN(Cc4ccccc4)CCO3)C2)OCCO1. The van der Waals surface area contributed by atoms with Gasteiger partial charge >= 0.3 is 0 Å². The van der Waals surface area contributed by atoms with Gasteiger partial charge < -0.3 is 19.1 Å². The van der Waals surface area contributed by atoms with Gasteiger partial charge in [0.1, 0.15) is 6.10 Å². The molecule has 6 heteroatoms. The lowest BCUT2D eigenvalue weighted by Gasteiger charge is -2.42. The molecule has 1 aromatic rings. The van der Waals surface area contributed by atoms with E-state index < -0.39 is 5.79 Å². The van der Waals surface area contributed by atoms with Crippen molar-refractivity contribution in [2.24, 2.45) is 5.92 Å². The monoisotopic (exact) mass is 374 g/mol. The third-order valence-electron chi connectivity index (χ3n) is 6.01. The van der Waals surface area contributed by atoms with Gasteiger partial charge in [-0.1, -0.05) is 30.3 Å². The minimum absolute atomic E-state index is 0.110. The van der Waals surface area contributed by atoms with Crippen molar-refractivity contribution in [3.8, 4) is 0 Å². The van der Waals surface area contributed by atoms with E-state index in [2.05, 4.69) is 29.2 Å². The molecular weight excluding hydrogens is 344 g/mol. The van der Waals surface area contributed by atoms with Crippen molar-refractivity contribution in [1.29, 1.82) is 0 Å². The standard InChI is InChI=1S/C21H30N2O4/c1-21(26-12-13-27-21)18-8-5-9-23(15-18)20(24)19-16-22(10-11-25-19)14-17-6-3-2-4-7-17/h2-4,6-7,18-19H,5,8-16H2,1H3. The molecule has 0 bridgehead atoms. The summed E-state index contributed by atoms with van der Waals surface area (Å²) in [6, 6.07) is 10.4. The maximum Gasteiger partial charge on any atom is 0.253 e. The van der Waals surface area contributed by atoms with E-state index in [1.54, 1.807) is 0 Å². The van der Waals surface area contributed by atoms with Crippen LogP contribution in [0.3, 0.4) is 0 Å². The van der Waals surface area contributed by atoms with Crippen molar-refractivity contribution in [2.45, 2.75) is 38.2 Å². The molecule has 2 atom stereocenters. The summed E-state index contributed by atoms with van der Waals surface area (Å²) in [7, 11) is 0. The third kappa shape index (κ3) is 4.35. The molecule has 3 aliphatic rings. The van der Waals surface area contributed by atoms with Crippen molar-refractivity contribution in [3.63, 3.8) is 0 Å². The van der Waals surface area contributed by atoms with Gasteiger partial charge in [0.2, 0.25) is 0 Å². The molecule has 3 saturated heterocycles. The summed E-state index contributed by atoms with van der Waals surface area (Å²) in [4.78, 5) is 17.4. The Bertz CT molecular complexity index is 632. The molecule has 3 heterocycles. The minimum atomic E-state index is -0.550. The largest absolute Gasteiger partial charge is 0.366 e. The first kappa shape index (κ1) is 18.9. The first-order valence-corrected chi connectivity index (χ1v) is 10.1. The van der Waals surface area contributed by atoms with Crippen LogP contribution in [0, 0.1) is 5.92 Å². The summed E-state index contributed by atoms with van der Waals surface area (Å²) in [6.07, 6.45) is 1.64. The second kappa shape index (κ2) is 8.27. The molecular formula is C21H30N2O4. The van der Waals surface area contributed by atoms with Gasteiger partial charge in [-0.05, 0) is 25.3 Å². The molecule has 0 aliphatic carbocycles. The molecule has 3 aliphatic heterocycles. The zero-order valence-electron chi connectivity index (χ0n) is 16.1. The van der Waals surface area contributed by atoms with E-state index in [0.29, 0.717) is 32.9 Å². The van der Waals surface area contributed by atoms with Gasteiger partial charge in [-0.25, -0.2) is 0 Å². The number of rotatable bonds is 4. The average molecular weight is 374 g/mol. The molecule has 2 unspecified atom stereocenters. The van der Waals surface area contributed by atoms with Crippen LogP contribution in [0.15, 0.2) is 30.3 Å². The number of ether oxygens (including phenoxy) is 3. The molecule has 0 radical (unpaired) electrons. The highest BCUT2D eigenvalue weighted by Crippen LogP contribution is 2.34. The molecule has 0 aromatic heterocycles. The summed E-state index contributed by atoms with van der Waals surface area (Å²) in [5, 5.41) is 0. The van der Waals surface area contributed by atoms with Gasteiger partial charge in [0.25, 0.3) is 5.91 Å². The van der Waals surface area contributed by atoms with Crippen LogP contribution in [0.4, 0.5) is 0 Å². The number of hydrogen-bond donors (Lipinski definition) is 0. The van der Waals surface area contributed by atoms with E-state index in [1.165, 1.54) is 5.56 Å². The Morgan fingerprint density at radius 2 is 1.89 bits per heavy atom. The first-order valence-electron chi connectivity index (χ1n) is 10.1. The Labute approximate surface area is 161 Å². The molecule has 27 heavy (non-hydrogen) atoms. The number of morpholine rings is 1. The van der Waals surface area contributed by atoms with Gasteiger partial charge in [-0.2, -0.15) is 0 Å². The van der Waals surface area contributed by atoms with Gasteiger partial charge in [0.15, 0.2) is 5.79 Å². The maximum atomic E-state index is 13.1. The van der Waals surface area contributed by atoms with E-state index in [0.717, 1.165) is 32.5 Å². The Morgan fingerprint density at radius 3 is 2.67 bits per heavy atom. The van der Waals surface area contributed by atoms with Crippen molar-refractivity contribution < 1.29 is 19.0 Å². The lowest BCUT2D eigenvalue weighted by molar-refractivity contribution is -0.195. The number of benzene rings is 1. The highest BCUT2D eigenvalue weighted by molar-refractivity contribution is 5.81. The molecule has 6 nitrogen and oxygen atoms in total. The molecule has 4 rings (SSSR count). The number of carbonyl (C=O) groups excluding carboxylic acids is 1.